The van der Waals surface area contributed by atoms with Crippen LogP contribution in [0.15, 0.2) is 24.5 Å². The van der Waals surface area contributed by atoms with Crippen molar-refractivity contribution in [2.45, 2.75) is 33.4 Å². The molecule has 0 aliphatic carbocycles. The highest BCUT2D eigenvalue weighted by Gasteiger charge is 2.09. The summed E-state index contributed by atoms with van der Waals surface area (Å²) < 4.78 is 1.95. The minimum Gasteiger partial charge on any atom is -0.392 e. The maximum absolute atomic E-state index is 9.23. The number of pyridine rings is 1. The van der Waals surface area contributed by atoms with Gasteiger partial charge in [-0.2, -0.15) is 5.10 Å². The molecule has 4 nitrogen and oxygen atoms in total. The Morgan fingerprint density at radius 3 is 2.76 bits per heavy atom. The first-order valence-corrected chi connectivity index (χ1v) is 5.75. The van der Waals surface area contributed by atoms with E-state index in [1.54, 1.807) is 6.20 Å². The van der Waals surface area contributed by atoms with Crippen molar-refractivity contribution in [2.24, 2.45) is 0 Å². The van der Waals surface area contributed by atoms with Gasteiger partial charge in [-0.1, -0.05) is 6.07 Å². The van der Waals surface area contributed by atoms with Crippen molar-refractivity contribution in [1.29, 1.82) is 0 Å². The zero-order valence-electron chi connectivity index (χ0n) is 10.2. The molecule has 0 saturated carbocycles. The molecule has 4 heteroatoms. The molecule has 0 aromatic carbocycles. The van der Waals surface area contributed by atoms with Crippen molar-refractivity contribution < 1.29 is 5.11 Å². The van der Waals surface area contributed by atoms with Crippen molar-refractivity contribution >= 4 is 0 Å². The van der Waals surface area contributed by atoms with E-state index in [2.05, 4.69) is 16.1 Å². The summed E-state index contributed by atoms with van der Waals surface area (Å²) in [6.45, 7) is 4.80. The average Bonchev–Trinajstić information content (AvgIpc) is 2.63. The molecule has 0 radical (unpaired) electrons. The molecule has 17 heavy (non-hydrogen) atoms. The molecule has 0 saturated heterocycles. The molecule has 2 heterocycles. The number of aliphatic hydroxyl groups excluding tert-OH is 1. The van der Waals surface area contributed by atoms with Crippen LogP contribution < -0.4 is 0 Å². The van der Waals surface area contributed by atoms with E-state index in [1.165, 1.54) is 5.56 Å². The molecular formula is C13H17N3O. The monoisotopic (exact) mass is 231 g/mol. The normalized spacial score (nSPS) is 10.8. The maximum atomic E-state index is 9.23. The fraction of sp³-hybridized carbons (Fsp3) is 0.385. The van der Waals surface area contributed by atoms with Gasteiger partial charge in [0.05, 0.1) is 12.3 Å². The van der Waals surface area contributed by atoms with Crippen LogP contribution in [0.1, 0.15) is 22.5 Å². The van der Waals surface area contributed by atoms with Crippen molar-refractivity contribution in [3.63, 3.8) is 0 Å². The van der Waals surface area contributed by atoms with Gasteiger partial charge in [0.1, 0.15) is 0 Å². The van der Waals surface area contributed by atoms with Crippen molar-refractivity contribution in [2.75, 3.05) is 0 Å². The number of rotatable bonds is 4. The third kappa shape index (κ3) is 2.53. The van der Waals surface area contributed by atoms with Gasteiger partial charge in [-0.05, 0) is 31.9 Å². The summed E-state index contributed by atoms with van der Waals surface area (Å²) in [5.41, 5.74) is 4.10. The standard InChI is InChI=1S/C13H17N3O/c1-10-13(9-17)11(2)16(15-10)7-5-12-4-3-6-14-8-12/h3-4,6,8,17H,5,7,9H2,1-2H3. The minimum absolute atomic E-state index is 0.0601. The Morgan fingerprint density at radius 1 is 1.35 bits per heavy atom. The van der Waals surface area contributed by atoms with Gasteiger partial charge in [0.2, 0.25) is 0 Å². The summed E-state index contributed by atoms with van der Waals surface area (Å²) >= 11 is 0. The van der Waals surface area contributed by atoms with Crippen LogP contribution in [0.25, 0.3) is 0 Å². The first kappa shape index (κ1) is 11.8. The van der Waals surface area contributed by atoms with Gasteiger partial charge in [0.25, 0.3) is 0 Å². The first-order chi connectivity index (χ1) is 8.22. The predicted molar refractivity (Wildman–Crippen MR) is 65.6 cm³/mol. The topological polar surface area (TPSA) is 50.9 Å². The van der Waals surface area contributed by atoms with E-state index in [0.717, 1.165) is 29.9 Å². The van der Waals surface area contributed by atoms with Crippen molar-refractivity contribution in [3.05, 3.63) is 47.0 Å². The highest BCUT2D eigenvalue weighted by atomic mass is 16.3. The minimum atomic E-state index is 0.0601. The molecule has 0 unspecified atom stereocenters. The summed E-state index contributed by atoms with van der Waals surface area (Å²) in [5.74, 6) is 0. The fourth-order valence-corrected chi connectivity index (χ4v) is 1.96. The van der Waals surface area contributed by atoms with Crippen LogP contribution in [-0.4, -0.2) is 19.9 Å². The molecule has 0 fully saturated rings. The van der Waals surface area contributed by atoms with Gasteiger partial charge >= 0.3 is 0 Å². The SMILES string of the molecule is Cc1nn(CCc2cccnc2)c(C)c1CO. The van der Waals surface area contributed by atoms with Crippen LogP contribution in [0.2, 0.25) is 0 Å². The summed E-state index contributed by atoms with van der Waals surface area (Å²) in [4.78, 5) is 4.09. The number of hydrogen-bond acceptors (Lipinski definition) is 3. The zero-order chi connectivity index (χ0) is 12.3. The van der Waals surface area contributed by atoms with Crippen molar-refractivity contribution in [3.8, 4) is 0 Å². The van der Waals surface area contributed by atoms with Gasteiger partial charge in [-0.25, -0.2) is 0 Å². The molecule has 2 rings (SSSR count). The maximum Gasteiger partial charge on any atom is 0.0718 e. The molecule has 0 atom stereocenters. The van der Waals surface area contributed by atoms with Gasteiger partial charge < -0.3 is 5.11 Å². The molecule has 2 aromatic heterocycles. The lowest BCUT2D eigenvalue weighted by Gasteiger charge is -2.04. The van der Waals surface area contributed by atoms with Crippen molar-refractivity contribution in [1.82, 2.24) is 14.8 Å². The van der Waals surface area contributed by atoms with Crippen LogP contribution in [0.4, 0.5) is 0 Å². The Hall–Kier alpha value is -1.68. The molecule has 0 aliphatic rings. The summed E-state index contributed by atoms with van der Waals surface area (Å²) in [7, 11) is 0. The number of aryl methyl sites for hydroxylation is 3. The summed E-state index contributed by atoms with van der Waals surface area (Å²) in [6.07, 6.45) is 4.55. The van der Waals surface area contributed by atoms with Gasteiger partial charge in [-0.15, -0.1) is 0 Å². The van der Waals surface area contributed by atoms with Gasteiger partial charge in [0.15, 0.2) is 0 Å². The lowest BCUT2D eigenvalue weighted by atomic mass is 10.2. The Balaban J connectivity index is 2.10. The summed E-state index contributed by atoms with van der Waals surface area (Å²) in [5, 5.41) is 13.7. The van der Waals surface area contributed by atoms with E-state index in [0.29, 0.717) is 0 Å². The predicted octanol–water partition coefficient (Wildman–Crippen LogP) is 1.63. The highest BCUT2D eigenvalue weighted by molar-refractivity contribution is 5.23. The molecule has 0 amide bonds. The third-order valence-corrected chi connectivity index (χ3v) is 3.02. The largest absolute Gasteiger partial charge is 0.392 e. The molecule has 90 valence electrons. The summed E-state index contributed by atoms with van der Waals surface area (Å²) in [6, 6.07) is 4.00. The molecular weight excluding hydrogens is 214 g/mol. The average molecular weight is 231 g/mol. The lowest BCUT2D eigenvalue weighted by molar-refractivity contribution is 0.280. The smallest absolute Gasteiger partial charge is 0.0718 e. The van der Waals surface area contributed by atoms with E-state index < -0.39 is 0 Å². The second-order valence-electron chi connectivity index (χ2n) is 4.14. The van der Waals surface area contributed by atoms with E-state index in [1.807, 2.05) is 30.8 Å². The van der Waals surface area contributed by atoms with Crippen LogP contribution in [0, 0.1) is 13.8 Å². The molecule has 0 aliphatic heterocycles. The number of hydrogen-bond donors (Lipinski definition) is 1. The highest BCUT2D eigenvalue weighted by Crippen LogP contribution is 2.13. The Kier molecular flexibility index (Phi) is 3.54. The van der Waals surface area contributed by atoms with Crippen LogP contribution in [0.5, 0.6) is 0 Å². The number of nitrogens with zero attached hydrogens (tertiary/aromatic N) is 3. The van der Waals surface area contributed by atoms with Crippen LogP contribution in [0.3, 0.4) is 0 Å². The number of aliphatic hydroxyl groups is 1. The quantitative estimate of drug-likeness (QED) is 0.870. The van der Waals surface area contributed by atoms with Crippen LogP contribution in [-0.2, 0) is 19.6 Å². The van der Waals surface area contributed by atoms with Crippen LogP contribution >= 0.6 is 0 Å². The number of aromatic nitrogens is 3. The van der Waals surface area contributed by atoms with Gasteiger partial charge in [0, 0.05) is 30.2 Å². The molecule has 0 spiro atoms. The molecule has 0 bridgehead atoms. The molecule has 1 N–H and O–H groups in total. The first-order valence-electron chi connectivity index (χ1n) is 5.75. The van der Waals surface area contributed by atoms with Gasteiger partial charge in [-0.3, -0.25) is 9.67 Å². The fourth-order valence-electron chi connectivity index (χ4n) is 1.96. The van der Waals surface area contributed by atoms with E-state index in [4.69, 9.17) is 0 Å². The van der Waals surface area contributed by atoms with E-state index >= 15 is 0 Å². The Bertz CT molecular complexity index is 491. The Labute approximate surface area is 101 Å². The van der Waals surface area contributed by atoms with E-state index in [9.17, 15) is 5.11 Å². The second kappa shape index (κ2) is 5.10. The zero-order valence-corrected chi connectivity index (χ0v) is 10.2. The Morgan fingerprint density at radius 2 is 2.18 bits per heavy atom. The second-order valence-corrected chi connectivity index (χ2v) is 4.14. The lowest BCUT2D eigenvalue weighted by Crippen LogP contribution is -2.05. The van der Waals surface area contributed by atoms with E-state index in [-0.39, 0.29) is 6.61 Å². The third-order valence-electron chi connectivity index (χ3n) is 3.02. The molecule has 2 aromatic rings.